The number of aliphatic hydroxyl groups is 1. The summed E-state index contributed by atoms with van der Waals surface area (Å²) in [7, 11) is 3.16. The Labute approximate surface area is 141 Å². The summed E-state index contributed by atoms with van der Waals surface area (Å²) in [4.78, 5) is 26.3. The molecule has 6 nitrogen and oxygen atoms in total. The molecule has 6 heteroatoms. The number of amides is 1. The van der Waals surface area contributed by atoms with Gasteiger partial charge < -0.3 is 19.5 Å². The third-order valence-corrected chi connectivity index (χ3v) is 4.10. The zero-order valence-corrected chi connectivity index (χ0v) is 14.2. The standard InChI is InChI=1S/C18H23NO5/c1-4-14(20)15-16(12-6-8-13(24-3)9-7-12)19(10-5-11-23-2)18(22)17(15)21/h6-9,16,21H,4-5,10-11H2,1-3H3. The minimum Gasteiger partial charge on any atom is -0.503 e. The van der Waals surface area contributed by atoms with E-state index in [1.165, 1.54) is 4.90 Å². The summed E-state index contributed by atoms with van der Waals surface area (Å²) in [5.41, 5.74) is 0.938. The van der Waals surface area contributed by atoms with Gasteiger partial charge in [-0.05, 0) is 24.1 Å². The van der Waals surface area contributed by atoms with Crippen molar-refractivity contribution < 1.29 is 24.2 Å². The van der Waals surface area contributed by atoms with Crippen molar-refractivity contribution in [1.82, 2.24) is 4.90 Å². The Morgan fingerprint density at radius 2 is 1.92 bits per heavy atom. The highest BCUT2D eigenvalue weighted by Gasteiger charge is 2.42. The Hall–Kier alpha value is -2.34. The number of ether oxygens (including phenoxy) is 2. The SMILES string of the molecule is CCC(=O)C1=C(O)C(=O)N(CCCOC)C1c1ccc(OC)cc1. The van der Waals surface area contributed by atoms with Crippen LogP contribution in [0.5, 0.6) is 5.75 Å². The molecular weight excluding hydrogens is 310 g/mol. The average Bonchev–Trinajstić information content (AvgIpc) is 2.86. The molecule has 0 saturated carbocycles. The van der Waals surface area contributed by atoms with Gasteiger partial charge in [0, 0.05) is 26.7 Å². The molecule has 0 radical (unpaired) electrons. The maximum atomic E-state index is 12.4. The fraction of sp³-hybridized carbons (Fsp3) is 0.444. The van der Waals surface area contributed by atoms with E-state index in [4.69, 9.17) is 9.47 Å². The first kappa shape index (κ1) is 18.0. The van der Waals surface area contributed by atoms with Crippen LogP contribution in [-0.2, 0) is 14.3 Å². The van der Waals surface area contributed by atoms with E-state index in [1.54, 1.807) is 33.3 Å². The van der Waals surface area contributed by atoms with Gasteiger partial charge in [-0.15, -0.1) is 0 Å². The molecule has 0 spiro atoms. The van der Waals surface area contributed by atoms with Crippen molar-refractivity contribution in [3.05, 3.63) is 41.2 Å². The van der Waals surface area contributed by atoms with Crippen molar-refractivity contribution in [2.45, 2.75) is 25.8 Å². The minimum absolute atomic E-state index is 0.171. The van der Waals surface area contributed by atoms with Crippen molar-refractivity contribution >= 4 is 11.7 Å². The summed E-state index contributed by atoms with van der Waals surface area (Å²) < 4.78 is 10.2. The van der Waals surface area contributed by atoms with E-state index in [0.717, 1.165) is 5.56 Å². The van der Waals surface area contributed by atoms with Crippen LogP contribution in [-0.4, -0.2) is 49.1 Å². The maximum absolute atomic E-state index is 12.4. The molecule has 1 N–H and O–H groups in total. The van der Waals surface area contributed by atoms with E-state index < -0.39 is 17.7 Å². The lowest BCUT2D eigenvalue weighted by Gasteiger charge is -2.26. The number of methoxy groups -OCH3 is 2. The van der Waals surface area contributed by atoms with Gasteiger partial charge in [0.15, 0.2) is 11.5 Å². The monoisotopic (exact) mass is 333 g/mol. The summed E-state index contributed by atoms with van der Waals surface area (Å²) in [6, 6.07) is 6.59. The molecule has 24 heavy (non-hydrogen) atoms. The molecule has 1 aromatic rings. The fourth-order valence-corrected chi connectivity index (χ4v) is 2.87. The molecule has 0 aliphatic carbocycles. The number of aliphatic hydroxyl groups excluding tert-OH is 1. The lowest BCUT2D eigenvalue weighted by molar-refractivity contribution is -0.129. The van der Waals surface area contributed by atoms with E-state index in [9.17, 15) is 14.7 Å². The van der Waals surface area contributed by atoms with Crippen LogP contribution < -0.4 is 4.74 Å². The van der Waals surface area contributed by atoms with Gasteiger partial charge in [0.2, 0.25) is 0 Å². The van der Waals surface area contributed by atoms with E-state index in [2.05, 4.69) is 0 Å². The molecule has 1 atom stereocenters. The lowest BCUT2D eigenvalue weighted by Crippen LogP contribution is -2.32. The second-order valence-corrected chi connectivity index (χ2v) is 5.56. The fourth-order valence-electron chi connectivity index (χ4n) is 2.87. The predicted molar refractivity (Wildman–Crippen MR) is 88.9 cm³/mol. The van der Waals surface area contributed by atoms with Gasteiger partial charge in [0.25, 0.3) is 5.91 Å². The second kappa shape index (κ2) is 7.97. The van der Waals surface area contributed by atoms with Crippen LogP contribution in [0.15, 0.2) is 35.6 Å². The Kier molecular flexibility index (Phi) is 5.98. The number of hydrogen-bond donors (Lipinski definition) is 1. The summed E-state index contributed by atoms with van der Waals surface area (Å²) in [5.74, 6) is -0.495. The number of ketones is 1. The van der Waals surface area contributed by atoms with E-state index in [1.807, 2.05) is 12.1 Å². The van der Waals surface area contributed by atoms with Gasteiger partial charge in [-0.2, -0.15) is 0 Å². The van der Waals surface area contributed by atoms with Crippen LogP contribution in [0, 0.1) is 0 Å². The van der Waals surface area contributed by atoms with Crippen LogP contribution in [0.1, 0.15) is 31.4 Å². The molecule has 1 aliphatic rings. The van der Waals surface area contributed by atoms with Crippen molar-refractivity contribution in [3.8, 4) is 5.75 Å². The van der Waals surface area contributed by atoms with Crippen LogP contribution >= 0.6 is 0 Å². The van der Waals surface area contributed by atoms with Gasteiger partial charge in [-0.3, -0.25) is 9.59 Å². The quantitative estimate of drug-likeness (QED) is 0.739. The van der Waals surface area contributed by atoms with Gasteiger partial charge in [0.1, 0.15) is 5.75 Å². The molecule has 2 rings (SSSR count). The molecular formula is C18H23NO5. The van der Waals surface area contributed by atoms with Gasteiger partial charge in [-0.1, -0.05) is 19.1 Å². The molecule has 0 saturated heterocycles. The summed E-state index contributed by atoms with van der Waals surface area (Å²) in [6.07, 6.45) is 0.848. The zero-order valence-electron chi connectivity index (χ0n) is 14.2. The third-order valence-electron chi connectivity index (χ3n) is 4.10. The summed E-state index contributed by atoms with van der Waals surface area (Å²) in [6.45, 7) is 2.61. The Morgan fingerprint density at radius 3 is 2.46 bits per heavy atom. The first-order valence-electron chi connectivity index (χ1n) is 7.95. The highest BCUT2D eigenvalue weighted by molar-refractivity contribution is 6.08. The number of hydrogen-bond acceptors (Lipinski definition) is 5. The molecule has 0 aromatic heterocycles. The third kappa shape index (κ3) is 3.43. The molecule has 1 amide bonds. The molecule has 130 valence electrons. The molecule has 0 bridgehead atoms. The number of rotatable bonds is 8. The molecule has 0 fully saturated rings. The predicted octanol–water partition coefficient (Wildman–Crippen LogP) is 2.41. The topological polar surface area (TPSA) is 76.1 Å². The van der Waals surface area contributed by atoms with Crippen molar-refractivity contribution in [3.63, 3.8) is 0 Å². The van der Waals surface area contributed by atoms with Crippen molar-refractivity contribution in [1.29, 1.82) is 0 Å². The van der Waals surface area contributed by atoms with E-state index >= 15 is 0 Å². The van der Waals surface area contributed by atoms with E-state index in [0.29, 0.717) is 25.3 Å². The van der Waals surface area contributed by atoms with Crippen LogP contribution in [0.3, 0.4) is 0 Å². The summed E-state index contributed by atoms with van der Waals surface area (Å²) in [5, 5.41) is 10.2. The highest BCUT2D eigenvalue weighted by Crippen LogP contribution is 2.38. The minimum atomic E-state index is -0.576. The normalized spacial score (nSPS) is 17.5. The van der Waals surface area contributed by atoms with Crippen LogP contribution in [0.25, 0.3) is 0 Å². The zero-order chi connectivity index (χ0) is 17.7. The molecule has 1 heterocycles. The van der Waals surface area contributed by atoms with Gasteiger partial charge >= 0.3 is 0 Å². The number of benzene rings is 1. The highest BCUT2D eigenvalue weighted by atomic mass is 16.5. The number of carbonyl (C=O) groups is 2. The van der Waals surface area contributed by atoms with Crippen molar-refractivity contribution in [2.24, 2.45) is 0 Å². The first-order valence-corrected chi connectivity index (χ1v) is 7.95. The Balaban J connectivity index is 2.40. The maximum Gasteiger partial charge on any atom is 0.290 e. The smallest absolute Gasteiger partial charge is 0.290 e. The van der Waals surface area contributed by atoms with Gasteiger partial charge in [0.05, 0.1) is 18.7 Å². The molecule has 1 aromatic carbocycles. The Bertz CT molecular complexity index is 635. The second-order valence-electron chi connectivity index (χ2n) is 5.56. The summed E-state index contributed by atoms with van der Waals surface area (Å²) >= 11 is 0. The average molecular weight is 333 g/mol. The lowest BCUT2D eigenvalue weighted by atomic mass is 9.95. The van der Waals surface area contributed by atoms with Gasteiger partial charge in [-0.25, -0.2) is 0 Å². The number of nitrogens with zero attached hydrogens (tertiary/aromatic N) is 1. The van der Waals surface area contributed by atoms with Crippen molar-refractivity contribution in [2.75, 3.05) is 27.4 Å². The molecule has 1 unspecified atom stereocenters. The Morgan fingerprint density at radius 1 is 1.25 bits per heavy atom. The molecule has 1 aliphatic heterocycles. The number of Topliss-reactive ketones (excluding diaryl/α,β-unsaturated/α-hetero) is 1. The van der Waals surface area contributed by atoms with Crippen LogP contribution in [0.2, 0.25) is 0 Å². The first-order chi connectivity index (χ1) is 11.5. The number of carbonyl (C=O) groups excluding carboxylic acids is 2. The largest absolute Gasteiger partial charge is 0.503 e. The van der Waals surface area contributed by atoms with E-state index in [-0.39, 0.29) is 17.8 Å². The van der Waals surface area contributed by atoms with Crippen LogP contribution in [0.4, 0.5) is 0 Å².